The van der Waals surface area contributed by atoms with Crippen LogP contribution in [0.15, 0.2) is 88.4 Å². The van der Waals surface area contributed by atoms with Crippen molar-refractivity contribution in [3.63, 3.8) is 0 Å². The summed E-state index contributed by atoms with van der Waals surface area (Å²) in [6.07, 6.45) is 3.70. The maximum Gasteiger partial charge on any atom is 0.293 e. The monoisotopic (exact) mass is 547 g/mol. The second kappa shape index (κ2) is 9.52. The Bertz CT molecular complexity index is 1490. The first kappa shape index (κ1) is 23.1. The predicted molar refractivity (Wildman–Crippen MR) is 140 cm³/mol. The smallest absolute Gasteiger partial charge is 0.293 e. The van der Waals surface area contributed by atoms with Gasteiger partial charge in [-0.2, -0.15) is 0 Å². The van der Waals surface area contributed by atoms with Crippen molar-refractivity contribution in [3.05, 3.63) is 115 Å². The van der Waals surface area contributed by atoms with Gasteiger partial charge in [-0.25, -0.2) is 0 Å². The Hall–Kier alpha value is -3.69. The van der Waals surface area contributed by atoms with Crippen LogP contribution >= 0.6 is 27.7 Å². The summed E-state index contributed by atoms with van der Waals surface area (Å²) in [6.45, 7) is 0.731. The SMILES string of the molecule is O=C1S/C(=C\c2cn(Cc3ccc([N+](=O)[O-])cc3)c3ccccc23)C(=O)N1Cc1ccc(Br)cc1. The van der Waals surface area contributed by atoms with E-state index >= 15 is 0 Å². The van der Waals surface area contributed by atoms with Crippen LogP contribution in [0.1, 0.15) is 16.7 Å². The van der Waals surface area contributed by atoms with Crippen molar-refractivity contribution in [3.8, 4) is 0 Å². The summed E-state index contributed by atoms with van der Waals surface area (Å²) in [6, 6.07) is 21.8. The Morgan fingerprint density at radius 3 is 2.29 bits per heavy atom. The van der Waals surface area contributed by atoms with Gasteiger partial charge in [0, 0.05) is 45.8 Å². The van der Waals surface area contributed by atoms with Crippen LogP contribution in [-0.4, -0.2) is 25.5 Å². The zero-order valence-corrected chi connectivity index (χ0v) is 20.7. The Morgan fingerprint density at radius 2 is 1.57 bits per heavy atom. The molecule has 2 heterocycles. The summed E-state index contributed by atoms with van der Waals surface area (Å²) >= 11 is 4.33. The van der Waals surface area contributed by atoms with E-state index < -0.39 is 4.92 Å². The van der Waals surface area contributed by atoms with Gasteiger partial charge in [-0.15, -0.1) is 0 Å². The Morgan fingerprint density at radius 1 is 0.914 bits per heavy atom. The number of halogens is 1. The van der Waals surface area contributed by atoms with Gasteiger partial charge in [0.25, 0.3) is 16.8 Å². The largest absolute Gasteiger partial charge is 0.342 e. The van der Waals surface area contributed by atoms with Crippen LogP contribution in [0.5, 0.6) is 0 Å². The third kappa shape index (κ3) is 4.78. The van der Waals surface area contributed by atoms with Gasteiger partial charge in [0.15, 0.2) is 0 Å². The number of hydrogen-bond acceptors (Lipinski definition) is 5. The van der Waals surface area contributed by atoms with Gasteiger partial charge in [-0.1, -0.05) is 58.4 Å². The second-order valence-electron chi connectivity index (χ2n) is 8.05. The van der Waals surface area contributed by atoms with Gasteiger partial charge >= 0.3 is 0 Å². The number of rotatable bonds is 6. The highest BCUT2D eigenvalue weighted by atomic mass is 79.9. The standard InChI is InChI=1S/C26H18BrN3O4S/c27-20-9-5-18(6-10-20)15-29-25(31)24(35-26(29)32)13-19-16-28(23-4-2-1-3-22(19)23)14-17-7-11-21(12-8-17)30(33)34/h1-13,16H,14-15H2/b24-13-. The number of nitro groups is 1. The van der Waals surface area contributed by atoms with Crippen molar-refractivity contribution in [1.82, 2.24) is 9.47 Å². The molecule has 174 valence electrons. The molecule has 0 atom stereocenters. The molecular weight excluding hydrogens is 530 g/mol. The molecule has 0 bridgehead atoms. The summed E-state index contributed by atoms with van der Waals surface area (Å²) < 4.78 is 2.97. The number of aromatic nitrogens is 1. The summed E-state index contributed by atoms with van der Waals surface area (Å²) in [4.78, 5) is 37.8. The number of para-hydroxylation sites is 1. The lowest BCUT2D eigenvalue weighted by atomic mass is 10.1. The Kier molecular flexibility index (Phi) is 6.27. The fraction of sp³-hybridized carbons (Fsp3) is 0.0769. The van der Waals surface area contributed by atoms with E-state index in [2.05, 4.69) is 15.9 Å². The van der Waals surface area contributed by atoms with Crippen LogP contribution in [0, 0.1) is 10.1 Å². The van der Waals surface area contributed by atoms with Crippen LogP contribution in [0.25, 0.3) is 17.0 Å². The highest BCUT2D eigenvalue weighted by Crippen LogP contribution is 2.35. The maximum absolute atomic E-state index is 13.1. The molecule has 0 unspecified atom stereocenters. The van der Waals surface area contributed by atoms with Crippen molar-refractivity contribution in [1.29, 1.82) is 0 Å². The van der Waals surface area contributed by atoms with Crippen LogP contribution in [-0.2, 0) is 17.9 Å². The number of thioether (sulfide) groups is 1. The molecule has 0 saturated carbocycles. The molecule has 7 nitrogen and oxygen atoms in total. The number of hydrogen-bond donors (Lipinski definition) is 0. The fourth-order valence-corrected chi connectivity index (χ4v) is 5.08. The molecule has 2 amide bonds. The van der Waals surface area contributed by atoms with E-state index in [9.17, 15) is 19.7 Å². The molecule has 0 radical (unpaired) electrons. The molecule has 1 aliphatic rings. The quantitative estimate of drug-likeness (QED) is 0.154. The van der Waals surface area contributed by atoms with E-state index in [-0.39, 0.29) is 23.4 Å². The molecule has 35 heavy (non-hydrogen) atoms. The van der Waals surface area contributed by atoms with Crippen molar-refractivity contribution in [2.24, 2.45) is 0 Å². The predicted octanol–water partition coefficient (Wildman–Crippen LogP) is 6.60. The van der Waals surface area contributed by atoms with E-state index in [0.29, 0.717) is 11.4 Å². The zero-order valence-electron chi connectivity index (χ0n) is 18.3. The van der Waals surface area contributed by atoms with Crippen LogP contribution in [0.2, 0.25) is 0 Å². The topological polar surface area (TPSA) is 85.5 Å². The fourth-order valence-electron chi connectivity index (χ4n) is 3.99. The molecule has 0 spiro atoms. The lowest BCUT2D eigenvalue weighted by Gasteiger charge is -2.12. The molecule has 0 N–H and O–H groups in total. The number of nitrogens with zero attached hydrogens (tertiary/aromatic N) is 3. The molecule has 3 aromatic carbocycles. The van der Waals surface area contributed by atoms with Crippen molar-refractivity contribution in [2.75, 3.05) is 0 Å². The third-order valence-corrected chi connectivity index (χ3v) is 7.17. The van der Waals surface area contributed by atoms with Gasteiger partial charge in [0.1, 0.15) is 0 Å². The number of benzene rings is 3. The number of amides is 2. The molecule has 0 aliphatic carbocycles. The van der Waals surface area contributed by atoms with Gasteiger partial charge in [0.05, 0.1) is 16.4 Å². The van der Waals surface area contributed by atoms with E-state index in [1.54, 1.807) is 18.2 Å². The minimum atomic E-state index is -0.420. The minimum absolute atomic E-state index is 0.0469. The summed E-state index contributed by atoms with van der Waals surface area (Å²) in [5, 5.41) is 11.6. The van der Waals surface area contributed by atoms with Crippen LogP contribution in [0.4, 0.5) is 10.5 Å². The third-order valence-electron chi connectivity index (χ3n) is 5.73. The number of non-ortho nitro benzene ring substituents is 1. The molecule has 4 aromatic rings. The summed E-state index contributed by atoms with van der Waals surface area (Å²) in [5.74, 6) is -0.310. The van der Waals surface area contributed by atoms with Gasteiger partial charge in [-0.05, 0) is 47.2 Å². The lowest BCUT2D eigenvalue weighted by Crippen LogP contribution is -2.27. The highest BCUT2D eigenvalue weighted by Gasteiger charge is 2.35. The van der Waals surface area contributed by atoms with Gasteiger partial charge in [0.2, 0.25) is 0 Å². The Balaban J connectivity index is 1.43. The number of carbonyl (C=O) groups is 2. The molecule has 5 rings (SSSR count). The van der Waals surface area contributed by atoms with Crippen molar-refractivity contribution < 1.29 is 14.5 Å². The molecule has 1 aromatic heterocycles. The highest BCUT2D eigenvalue weighted by molar-refractivity contribution is 9.10. The minimum Gasteiger partial charge on any atom is -0.342 e. The van der Waals surface area contributed by atoms with E-state index in [0.717, 1.165) is 43.8 Å². The summed E-state index contributed by atoms with van der Waals surface area (Å²) in [7, 11) is 0. The number of carbonyl (C=O) groups excluding carboxylic acids is 2. The maximum atomic E-state index is 13.1. The number of imide groups is 1. The lowest BCUT2D eigenvalue weighted by molar-refractivity contribution is -0.384. The summed E-state index contributed by atoms with van der Waals surface area (Å²) in [5.41, 5.74) is 3.63. The average molecular weight is 548 g/mol. The Labute approximate surface area is 213 Å². The van der Waals surface area contributed by atoms with Crippen LogP contribution < -0.4 is 0 Å². The zero-order chi connectivity index (χ0) is 24.5. The first-order valence-electron chi connectivity index (χ1n) is 10.7. The first-order chi connectivity index (χ1) is 16.9. The average Bonchev–Trinajstić information content (AvgIpc) is 3.32. The molecule has 1 saturated heterocycles. The van der Waals surface area contributed by atoms with Gasteiger partial charge in [-0.3, -0.25) is 24.6 Å². The number of fused-ring (bicyclic) bond motifs is 1. The van der Waals surface area contributed by atoms with Gasteiger partial charge < -0.3 is 4.57 Å². The molecular formula is C26H18BrN3O4S. The molecule has 1 aliphatic heterocycles. The van der Waals surface area contributed by atoms with Crippen molar-refractivity contribution >= 4 is 61.5 Å². The molecule has 9 heteroatoms. The van der Waals surface area contributed by atoms with E-state index in [1.165, 1.54) is 17.0 Å². The normalized spacial score (nSPS) is 14.9. The molecule has 1 fully saturated rings. The van der Waals surface area contributed by atoms with E-state index in [1.807, 2.05) is 59.3 Å². The first-order valence-corrected chi connectivity index (χ1v) is 12.3. The second-order valence-corrected chi connectivity index (χ2v) is 9.96. The number of nitro benzene ring substituents is 1. The van der Waals surface area contributed by atoms with Crippen LogP contribution in [0.3, 0.4) is 0 Å². The van der Waals surface area contributed by atoms with E-state index in [4.69, 9.17) is 0 Å². The van der Waals surface area contributed by atoms with Crippen molar-refractivity contribution in [2.45, 2.75) is 13.1 Å².